The van der Waals surface area contributed by atoms with Crippen molar-refractivity contribution in [2.45, 2.75) is 43.3 Å². The van der Waals surface area contributed by atoms with Crippen LogP contribution >= 0.6 is 37.9 Å². The summed E-state index contributed by atoms with van der Waals surface area (Å²) in [5, 5.41) is 0. The van der Waals surface area contributed by atoms with Gasteiger partial charge < -0.3 is 0 Å². The van der Waals surface area contributed by atoms with Gasteiger partial charge in [-0.2, -0.15) is 37.9 Å². The van der Waals surface area contributed by atoms with E-state index in [0.717, 1.165) is 23.8 Å². The first kappa shape index (κ1) is 12.1. The zero-order valence-electron chi connectivity index (χ0n) is 8.08. The smallest absolute Gasteiger partial charge is 0.0166 e. The van der Waals surface area contributed by atoms with Crippen molar-refractivity contribution in [1.82, 2.24) is 0 Å². The van der Waals surface area contributed by atoms with Crippen molar-refractivity contribution in [2.24, 2.45) is 5.92 Å². The zero-order valence-corrected chi connectivity index (χ0v) is 10.8. The van der Waals surface area contributed by atoms with Crippen LogP contribution in [0.3, 0.4) is 0 Å². The van der Waals surface area contributed by atoms with Crippen molar-refractivity contribution < 1.29 is 0 Å². The third-order valence-electron chi connectivity index (χ3n) is 3.19. The van der Waals surface area contributed by atoms with Crippen LogP contribution in [0.5, 0.6) is 0 Å². The zero-order chi connectivity index (χ0) is 9.73. The van der Waals surface area contributed by atoms with Crippen LogP contribution in [0.2, 0.25) is 0 Å². The van der Waals surface area contributed by atoms with Gasteiger partial charge in [0.05, 0.1) is 0 Å². The van der Waals surface area contributed by atoms with Gasteiger partial charge in [-0.05, 0) is 43.1 Å². The summed E-state index contributed by atoms with van der Waals surface area (Å²) in [6.45, 7) is 0. The average molecular weight is 236 g/mol. The Balaban J connectivity index is 2.54. The molecule has 0 aromatic rings. The number of rotatable bonds is 4. The molecule has 0 aromatic carbocycles. The molecule has 0 aromatic heterocycles. The molecule has 0 amide bonds. The van der Waals surface area contributed by atoms with Crippen LogP contribution in [-0.4, -0.2) is 16.3 Å². The fraction of sp³-hybridized carbons (Fsp3) is 1.00. The van der Waals surface area contributed by atoms with Crippen molar-refractivity contribution in [3.05, 3.63) is 0 Å². The van der Waals surface area contributed by atoms with Gasteiger partial charge in [-0.15, -0.1) is 0 Å². The quantitative estimate of drug-likeness (QED) is 0.612. The molecular weight excluding hydrogens is 216 g/mol. The Morgan fingerprint density at radius 2 is 1.92 bits per heavy atom. The maximum Gasteiger partial charge on any atom is 0.0166 e. The second kappa shape index (κ2) is 5.82. The second-order valence-corrected chi connectivity index (χ2v) is 5.82. The molecule has 0 nitrogen and oxygen atoms in total. The lowest BCUT2D eigenvalue weighted by Gasteiger charge is -2.40. The van der Waals surface area contributed by atoms with E-state index in [2.05, 4.69) is 25.3 Å². The van der Waals surface area contributed by atoms with E-state index >= 15 is 0 Å². The van der Waals surface area contributed by atoms with E-state index in [9.17, 15) is 0 Å². The lowest BCUT2D eigenvalue weighted by molar-refractivity contribution is 0.264. The first-order chi connectivity index (χ1) is 6.23. The highest BCUT2D eigenvalue weighted by Crippen LogP contribution is 2.43. The molecule has 0 radical (unpaired) electrons. The second-order valence-electron chi connectivity index (χ2n) is 4.03. The third-order valence-corrected chi connectivity index (χ3v) is 4.49. The minimum Gasteiger partial charge on any atom is -0.179 e. The first-order valence-electron chi connectivity index (χ1n) is 5.17. The standard InChI is InChI=1S/C10H20S3/c11-7-4-9-3-1-2-5-10(9,13)6-8-12/h9,11-13H,1-8H2. The minimum atomic E-state index is 0.267. The maximum absolute atomic E-state index is 4.88. The fourth-order valence-corrected chi connectivity index (χ4v) is 3.80. The number of hydrogen-bond donors (Lipinski definition) is 3. The molecule has 0 bridgehead atoms. The van der Waals surface area contributed by atoms with Crippen LogP contribution in [0.15, 0.2) is 0 Å². The molecule has 0 N–H and O–H groups in total. The normalized spacial score (nSPS) is 34.8. The highest BCUT2D eigenvalue weighted by molar-refractivity contribution is 7.82. The first-order valence-corrected chi connectivity index (χ1v) is 6.88. The Kier molecular flexibility index (Phi) is 5.42. The summed E-state index contributed by atoms with van der Waals surface area (Å²) in [6, 6.07) is 0. The molecule has 78 valence electrons. The van der Waals surface area contributed by atoms with Crippen LogP contribution in [0.1, 0.15) is 38.5 Å². The Morgan fingerprint density at radius 1 is 1.15 bits per heavy atom. The highest BCUT2D eigenvalue weighted by atomic mass is 32.1. The Hall–Kier alpha value is 1.05. The van der Waals surface area contributed by atoms with E-state index in [4.69, 9.17) is 12.6 Å². The van der Waals surface area contributed by atoms with Gasteiger partial charge in [-0.25, -0.2) is 0 Å². The van der Waals surface area contributed by atoms with Crippen molar-refractivity contribution in [2.75, 3.05) is 11.5 Å². The van der Waals surface area contributed by atoms with E-state index < -0.39 is 0 Å². The van der Waals surface area contributed by atoms with E-state index in [1.807, 2.05) is 0 Å². The Morgan fingerprint density at radius 3 is 2.54 bits per heavy atom. The van der Waals surface area contributed by atoms with Crippen LogP contribution in [0.25, 0.3) is 0 Å². The van der Waals surface area contributed by atoms with Crippen molar-refractivity contribution >= 4 is 37.9 Å². The Labute approximate surface area is 98.5 Å². The van der Waals surface area contributed by atoms with Gasteiger partial charge in [0.1, 0.15) is 0 Å². The summed E-state index contributed by atoms with van der Waals surface area (Å²) in [6.07, 6.45) is 7.72. The molecular formula is C10H20S3. The predicted molar refractivity (Wildman–Crippen MR) is 70.6 cm³/mol. The summed E-state index contributed by atoms with van der Waals surface area (Å²) in [4.78, 5) is 0. The number of thiol groups is 3. The van der Waals surface area contributed by atoms with E-state index in [1.54, 1.807) is 0 Å². The summed E-state index contributed by atoms with van der Waals surface area (Å²) < 4.78 is 0.267. The lowest BCUT2D eigenvalue weighted by atomic mass is 9.75. The lowest BCUT2D eigenvalue weighted by Crippen LogP contribution is -2.36. The van der Waals surface area contributed by atoms with E-state index in [1.165, 1.54) is 32.1 Å². The summed E-state index contributed by atoms with van der Waals surface area (Å²) >= 11 is 13.5. The van der Waals surface area contributed by atoms with Gasteiger partial charge in [0.25, 0.3) is 0 Å². The van der Waals surface area contributed by atoms with Crippen molar-refractivity contribution in [1.29, 1.82) is 0 Å². The van der Waals surface area contributed by atoms with Crippen LogP contribution in [0.4, 0.5) is 0 Å². The molecule has 2 atom stereocenters. The third kappa shape index (κ3) is 3.28. The molecule has 1 rings (SSSR count). The largest absolute Gasteiger partial charge is 0.179 e. The molecule has 0 saturated heterocycles. The highest BCUT2D eigenvalue weighted by Gasteiger charge is 2.35. The van der Waals surface area contributed by atoms with Crippen LogP contribution in [0, 0.1) is 5.92 Å². The van der Waals surface area contributed by atoms with Crippen LogP contribution < -0.4 is 0 Å². The van der Waals surface area contributed by atoms with Gasteiger partial charge in [0.15, 0.2) is 0 Å². The van der Waals surface area contributed by atoms with Gasteiger partial charge in [-0.1, -0.05) is 12.8 Å². The molecule has 2 unspecified atom stereocenters. The fourth-order valence-electron chi connectivity index (χ4n) is 2.39. The molecule has 1 aliphatic carbocycles. The van der Waals surface area contributed by atoms with Crippen LogP contribution in [-0.2, 0) is 0 Å². The summed E-state index contributed by atoms with van der Waals surface area (Å²) in [7, 11) is 0. The molecule has 1 saturated carbocycles. The molecule has 0 heterocycles. The predicted octanol–water partition coefficient (Wildman–Crippen LogP) is 3.49. The van der Waals surface area contributed by atoms with E-state index in [0.29, 0.717) is 0 Å². The minimum absolute atomic E-state index is 0.267. The van der Waals surface area contributed by atoms with Gasteiger partial charge >= 0.3 is 0 Å². The molecule has 1 aliphatic rings. The molecule has 0 spiro atoms. The number of hydrogen-bond acceptors (Lipinski definition) is 3. The topological polar surface area (TPSA) is 0 Å². The van der Waals surface area contributed by atoms with Crippen molar-refractivity contribution in [3.63, 3.8) is 0 Å². The Bertz CT molecular complexity index is 143. The van der Waals surface area contributed by atoms with Gasteiger partial charge in [-0.3, -0.25) is 0 Å². The molecule has 13 heavy (non-hydrogen) atoms. The van der Waals surface area contributed by atoms with Gasteiger partial charge in [0.2, 0.25) is 0 Å². The summed E-state index contributed by atoms with van der Waals surface area (Å²) in [5.74, 6) is 2.74. The van der Waals surface area contributed by atoms with E-state index in [-0.39, 0.29) is 4.75 Å². The average Bonchev–Trinajstić information content (AvgIpc) is 2.10. The summed E-state index contributed by atoms with van der Waals surface area (Å²) in [5.41, 5.74) is 0. The van der Waals surface area contributed by atoms with Gasteiger partial charge in [0, 0.05) is 4.75 Å². The molecule has 3 heteroatoms. The van der Waals surface area contributed by atoms with Crippen molar-refractivity contribution in [3.8, 4) is 0 Å². The molecule has 1 fully saturated rings. The maximum atomic E-state index is 4.88. The molecule has 0 aliphatic heterocycles. The monoisotopic (exact) mass is 236 g/mol. The SMILES string of the molecule is SCCC1CCCCC1(S)CCS.